The fraction of sp³-hybridized carbons (Fsp3) is 0.382. The number of terminal acetylenes is 1. The predicted octanol–water partition coefficient (Wildman–Crippen LogP) is 6.29. The number of rotatable bonds is 6. The smallest absolute Gasteiger partial charge is 0.410 e. The van der Waals surface area contributed by atoms with Crippen molar-refractivity contribution in [3.8, 4) is 35.2 Å². The van der Waals surface area contributed by atoms with Gasteiger partial charge in [0.15, 0.2) is 12.6 Å². The fourth-order valence-electron chi connectivity index (χ4n) is 6.36. The van der Waals surface area contributed by atoms with Crippen LogP contribution in [-0.2, 0) is 9.47 Å². The van der Waals surface area contributed by atoms with E-state index >= 15 is 8.78 Å². The molecule has 9 nitrogen and oxygen atoms in total. The number of benzene rings is 3. The topological polar surface area (TPSA) is 86.3 Å². The number of piperazine rings is 1. The van der Waals surface area contributed by atoms with Gasteiger partial charge in [0.2, 0.25) is 0 Å². The van der Waals surface area contributed by atoms with Gasteiger partial charge in [-0.2, -0.15) is 9.97 Å². The second kappa shape index (κ2) is 11.7. The maximum atomic E-state index is 16.7. The Hall–Kier alpha value is -4.69. The van der Waals surface area contributed by atoms with E-state index in [0.29, 0.717) is 41.0 Å². The van der Waals surface area contributed by atoms with Crippen LogP contribution in [0.15, 0.2) is 36.4 Å². The molecule has 4 aromatic rings. The van der Waals surface area contributed by atoms with Crippen molar-refractivity contribution in [3.63, 3.8) is 0 Å². The standard InChI is InChI=1S/C34H34F2N4O5/c1-7-19-9-8-10-20-13-23(44-18-42-5)14-24(27(19)20)28-26(35)15-25-30(29(28)36)37-32(43-6)38-31(25)39-16-21-11-12-22(17-39)40(21)33(41)45-34(2,3)4/h1,8-10,13-15,21-22H,11-12,16-18H2,2-6H3. The summed E-state index contributed by atoms with van der Waals surface area (Å²) < 4.78 is 54.8. The zero-order chi connectivity index (χ0) is 32.0. The lowest BCUT2D eigenvalue weighted by atomic mass is 9.93. The number of methoxy groups -OCH3 is 2. The van der Waals surface area contributed by atoms with Crippen LogP contribution >= 0.6 is 0 Å². The summed E-state index contributed by atoms with van der Waals surface area (Å²) in [6, 6.07) is 9.46. The van der Waals surface area contributed by atoms with Crippen LogP contribution in [0.5, 0.6) is 11.8 Å². The molecule has 2 fully saturated rings. The summed E-state index contributed by atoms with van der Waals surface area (Å²) in [5.74, 6) is 1.60. The van der Waals surface area contributed by atoms with Crippen molar-refractivity contribution in [2.45, 2.75) is 51.3 Å². The van der Waals surface area contributed by atoms with Crippen molar-refractivity contribution < 1.29 is 32.5 Å². The van der Waals surface area contributed by atoms with Crippen LogP contribution in [0.25, 0.3) is 32.8 Å². The maximum Gasteiger partial charge on any atom is 0.410 e. The molecule has 1 aromatic heterocycles. The number of hydrogen-bond acceptors (Lipinski definition) is 8. The summed E-state index contributed by atoms with van der Waals surface area (Å²) in [5, 5.41) is 1.33. The van der Waals surface area contributed by atoms with Gasteiger partial charge in [0.05, 0.1) is 24.8 Å². The molecule has 2 aliphatic rings. The van der Waals surface area contributed by atoms with E-state index in [0.717, 1.165) is 12.8 Å². The van der Waals surface area contributed by atoms with Crippen molar-refractivity contribution in [3.05, 3.63) is 53.6 Å². The number of carbonyl (C=O) groups excluding carboxylic acids is 1. The maximum absolute atomic E-state index is 16.7. The molecule has 3 aromatic carbocycles. The number of nitrogens with zero attached hydrogens (tertiary/aromatic N) is 4. The average Bonchev–Trinajstić information content (AvgIpc) is 3.27. The van der Waals surface area contributed by atoms with Gasteiger partial charge >= 0.3 is 12.1 Å². The molecule has 45 heavy (non-hydrogen) atoms. The highest BCUT2D eigenvalue weighted by Gasteiger charge is 2.45. The third kappa shape index (κ3) is 5.55. The number of fused-ring (bicyclic) bond motifs is 4. The second-order valence-electron chi connectivity index (χ2n) is 12.2. The van der Waals surface area contributed by atoms with Gasteiger partial charge in [-0.3, -0.25) is 4.90 Å². The number of ether oxygens (including phenoxy) is 4. The molecular weight excluding hydrogens is 582 g/mol. The van der Waals surface area contributed by atoms with Crippen LogP contribution in [-0.4, -0.2) is 72.7 Å². The normalized spacial score (nSPS) is 17.9. The van der Waals surface area contributed by atoms with Gasteiger partial charge < -0.3 is 23.8 Å². The highest BCUT2D eigenvalue weighted by molar-refractivity contribution is 6.04. The second-order valence-corrected chi connectivity index (χ2v) is 12.2. The molecule has 2 aliphatic heterocycles. The van der Waals surface area contributed by atoms with Crippen molar-refractivity contribution in [1.82, 2.24) is 14.9 Å². The van der Waals surface area contributed by atoms with E-state index in [1.807, 2.05) is 25.7 Å². The van der Waals surface area contributed by atoms with Crippen molar-refractivity contribution in [2.75, 3.05) is 39.0 Å². The molecule has 0 saturated carbocycles. The summed E-state index contributed by atoms with van der Waals surface area (Å²) >= 11 is 0. The molecule has 2 unspecified atom stereocenters. The van der Waals surface area contributed by atoms with Gasteiger partial charge in [-0.05, 0) is 63.3 Å². The number of hydrogen-bond donors (Lipinski definition) is 0. The largest absolute Gasteiger partial charge is 0.468 e. The number of amides is 1. The molecule has 11 heteroatoms. The van der Waals surface area contributed by atoms with Crippen molar-refractivity contribution in [1.29, 1.82) is 0 Å². The van der Waals surface area contributed by atoms with Crippen LogP contribution in [0.1, 0.15) is 39.2 Å². The number of halogens is 2. The lowest BCUT2D eigenvalue weighted by Gasteiger charge is -2.42. The predicted molar refractivity (Wildman–Crippen MR) is 166 cm³/mol. The van der Waals surface area contributed by atoms with Gasteiger partial charge in [0.1, 0.15) is 28.5 Å². The third-order valence-electron chi connectivity index (χ3n) is 8.13. The van der Waals surface area contributed by atoms with Gasteiger partial charge in [0, 0.05) is 42.1 Å². The Bertz CT molecular complexity index is 1840. The minimum atomic E-state index is -0.890. The van der Waals surface area contributed by atoms with Crippen molar-refractivity contribution in [2.24, 2.45) is 0 Å². The van der Waals surface area contributed by atoms with Crippen LogP contribution in [0, 0.1) is 24.0 Å². The molecule has 3 heterocycles. The lowest BCUT2D eigenvalue weighted by Crippen LogP contribution is -2.57. The molecule has 2 saturated heterocycles. The Morgan fingerprint density at radius 2 is 1.82 bits per heavy atom. The van der Waals surface area contributed by atoms with E-state index in [2.05, 4.69) is 15.9 Å². The summed E-state index contributed by atoms with van der Waals surface area (Å²) in [5.41, 5.74) is -0.353. The molecule has 6 rings (SSSR count). The van der Waals surface area contributed by atoms with Crippen molar-refractivity contribution >= 4 is 33.6 Å². The first-order valence-electron chi connectivity index (χ1n) is 14.7. The quantitative estimate of drug-likeness (QED) is 0.185. The molecule has 1 amide bonds. The highest BCUT2D eigenvalue weighted by atomic mass is 19.1. The van der Waals surface area contributed by atoms with Crippen LogP contribution in [0.4, 0.5) is 19.4 Å². The average molecular weight is 617 g/mol. The minimum absolute atomic E-state index is 0.0561. The summed E-state index contributed by atoms with van der Waals surface area (Å²) in [6.07, 6.45) is 7.00. The monoisotopic (exact) mass is 616 g/mol. The Labute approximate surface area is 260 Å². The van der Waals surface area contributed by atoms with Gasteiger partial charge in [0.25, 0.3) is 0 Å². The zero-order valence-corrected chi connectivity index (χ0v) is 25.8. The third-order valence-corrected chi connectivity index (χ3v) is 8.13. The number of carbonyl (C=O) groups is 1. The molecule has 234 valence electrons. The van der Waals surface area contributed by atoms with Gasteiger partial charge in [-0.25, -0.2) is 13.6 Å². The Morgan fingerprint density at radius 3 is 2.47 bits per heavy atom. The summed E-state index contributed by atoms with van der Waals surface area (Å²) in [6.45, 7) is 6.26. The number of aromatic nitrogens is 2. The first-order chi connectivity index (χ1) is 21.5. The highest BCUT2D eigenvalue weighted by Crippen LogP contribution is 2.42. The molecule has 0 radical (unpaired) electrons. The summed E-state index contributed by atoms with van der Waals surface area (Å²) in [4.78, 5) is 25.6. The van der Waals surface area contributed by atoms with Gasteiger partial charge in [-0.1, -0.05) is 18.1 Å². The molecule has 2 bridgehead atoms. The van der Waals surface area contributed by atoms with E-state index in [9.17, 15) is 4.79 Å². The Balaban J connectivity index is 1.48. The molecule has 0 aliphatic carbocycles. The van der Waals surface area contributed by atoms with E-state index in [1.165, 1.54) is 20.3 Å². The first-order valence-corrected chi connectivity index (χ1v) is 14.7. The molecular formula is C34H34F2N4O5. The Morgan fingerprint density at radius 1 is 1.09 bits per heavy atom. The Kier molecular flexibility index (Phi) is 7.87. The van der Waals surface area contributed by atoms with E-state index in [4.69, 9.17) is 25.4 Å². The number of anilines is 1. The van der Waals surface area contributed by atoms with Gasteiger partial charge in [-0.15, -0.1) is 6.42 Å². The van der Waals surface area contributed by atoms with E-state index in [-0.39, 0.29) is 53.0 Å². The molecule has 0 N–H and O–H groups in total. The van der Waals surface area contributed by atoms with Crippen LogP contribution in [0.2, 0.25) is 0 Å². The van der Waals surface area contributed by atoms with Crippen LogP contribution in [0.3, 0.4) is 0 Å². The van der Waals surface area contributed by atoms with E-state index < -0.39 is 17.2 Å². The summed E-state index contributed by atoms with van der Waals surface area (Å²) in [7, 11) is 2.87. The SMILES string of the molecule is C#Cc1cccc2cc(OCOC)cc(-c3c(F)cc4c(N5CC6CCC(C5)N6C(=O)OC(C)(C)C)nc(OC)nc4c3F)c12. The van der Waals surface area contributed by atoms with E-state index in [1.54, 1.807) is 35.2 Å². The zero-order valence-electron chi connectivity index (χ0n) is 25.8. The minimum Gasteiger partial charge on any atom is -0.468 e. The first kappa shape index (κ1) is 30.3. The van der Waals surface area contributed by atoms with Crippen LogP contribution < -0.4 is 14.4 Å². The fourth-order valence-corrected chi connectivity index (χ4v) is 6.36. The molecule has 0 spiro atoms. The molecule has 2 atom stereocenters. The lowest BCUT2D eigenvalue weighted by molar-refractivity contribution is 0.0122.